The Balaban J connectivity index is 2.20. The standard InChI is InChI=1S/C20H22O5/c1-4-24-11-12-25-16-8-5-14(6-9-16)20(2,3)15-7-10-18(21)17(13-15)19(22)23/h4-10,13,21H,1,11-12H2,2-3H3,(H,22,23). The number of hydrogen-bond donors (Lipinski definition) is 2. The minimum Gasteiger partial charge on any atom is -0.507 e. The summed E-state index contributed by atoms with van der Waals surface area (Å²) < 4.78 is 10.6. The van der Waals surface area contributed by atoms with E-state index in [2.05, 4.69) is 6.58 Å². The van der Waals surface area contributed by atoms with Gasteiger partial charge in [0.25, 0.3) is 0 Å². The molecule has 0 amide bonds. The lowest BCUT2D eigenvalue weighted by Crippen LogP contribution is -2.19. The number of benzene rings is 2. The number of rotatable bonds is 8. The Morgan fingerprint density at radius 2 is 1.76 bits per heavy atom. The molecule has 0 aromatic heterocycles. The molecule has 2 aromatic carbocycles. The zero-order valence-corrected chi connectivity index (χ0v) is 14.4. The second kappa shape index (κ2) is 7.75. The third kappa shape index (κ3) is 4.32. The van der Waals surface area contributed by atoms with Crippen LogP contribution in [0.5, 0.6) is 11.5 Å². The average Bonchev–Trinajstić information content (AvgIpc) is 2.59. The van der Waals surface area contributed by atoms with E-state index in [-0.39, 0.29) is 11.3 Å². The fourth-order valence-corrected chi connectivity index (χ4v) is 2.52. The van der Waals surface area contributed by atoms with Crippen LogP contribution in [0.25, 0.3) is 0 Å². The fraction of sp³-hybridized carbons (Fsp3) is 0.250. The first-order chi connectivity index (χ1) is 11.9. The van der Waals surface area contributed by atoms with Gasteiger partial charge in [-0.2, -0.15) is 0 Å². The van der Waals surface area contributed by atoms with Gasteiger partial charge in [-0.05, 0) is 35.4 Å². The summed E-state index contributed by atoms with van der Waals surface area (Å²) in [6, 6.07) is 12.3. The zero-order chi connectivity index (χ0) is 18.4. The van der Waals surface area contributed by atoms with E-state index >= 15 is 0 Å². The summed E-state index contributed by atoms with van der Waals surface area (Å²) in [5.74, 6) is -0.665. The van der Waals surface area contributed by atoms with Crippen molar-refractivity contribution in [3.63, 3.8) is 0 Å². The summed E-state index contributed by atoms with van der Waals surface area (Å²) in [7, 11) is 0. The van der Waals surface area contributed by atoms with Gasteiger partial charge >= 0.3 is 5.97 Å². The van der Waals surface area contributed by atoms with Gasteiger partial charge in [-0.25, -0.2) is 4.79 Å². The lowest BCUT2D eigenvalue weighted by atomic mass is 9.77. The largest absolute Gasteiger partial charge is 0.507 e. The summed E-state index contributed by atoms with van der Waals surface area (Å²) in [6.07, 6.45) is 1.37. The maximum absolute atomic E-state index is 11.2. The first-order valence-corrected chi connectivity index (χ1v) is 7.89. The molecule has 0 radical (unpaired) electrons. The van der Waals surface area contributed by atoms with Gasteiger partial charge in [-0.15, -0.1) is 0 Å². The molecule has 25 heavy (non-hydrogen) atoms. The Morgan fingerprint density at radius 3 is 2.36 bits per heavy atom. The third-order valence-electron chi connectivity index (χ3n) is 4.11. The second-order valence-corrected chi connectivity index (χ2v) is 6.07. The first-order valence-electron chi connectivity index (χ1n) is 7.89. The van der Waals surface area contributed by atoms with Gasteiger partial charge < -0.3 is 19.7 Å². The number of aromatic carboxylic acids is 1. The summed E-state index contributed by atoms with van der Waals surface area (Å²) in [5.41, 5.74) is 1.27. The highest BCUT2D eigenvalue weighted by Gasteiger charge is 2.25. The number of carboxylic acids is 1. The van der Waals surface area contributed by atoms with Crippen molar-refractivity contribution in [3.05, 3.63) is 72.0 Å². The van der Waals surface area contributed by atoms with Crippen molar-refractivity contribution in [2.45, 2.75) is 19.3 Å². The van der Waals surface area contributed by atoms with Crippen LogP contribution in [0, 0.1) is 0 Å². The summed E-state index contributed by atoms with van der Waals surface area (Å²) in [6.45, 7) is 8.32. The lowest BCUT2D eigenvalue weighted by molar-refractivity contribution is 0.0693. The van der Waals surface area contributed by atoms with Crippen LogP contribution in [-0.4, -0.2) is 29.4 Å². The highest BCUT2D eigenvalue weighted by atomic mass is 16.5. The summed E-state index contributed by atoms with van der Waals surface area (Å²) in [4.78, 5) is 11.2. The average molecular weight is 342 g/mol. The number of ether oxygens (including phenoxy) is 2. The molecular formula is C20H22O5. The van der Waals surface area contributed by atoms with Gasteiger partial charge in [0.05, 0.1) is 6.26 Å². The molecule has 0 fully saturated rings. The molecule has 0 heterocycles. The first kappa shape index (κ1) is 18.4. The van der Waals surface area contributed by atoms with Gasteiger partial charge in [-0.1, -0.05) is 38.6 Å². The lowest BCUT2D eigenvalue weighted by Gasteiger charge is -2.26. The molecule has 2 rings (SSSR count). The van der Waals surface area contributed by atoms with Crippen molar-refractivity contribution >= 4 is 5.97 Å². The minimum atomic E-state index is -1.15. The second-order valence-electron chi connectivity index (χ2n) is 6.07. The molecule has 0 aliphatic carbocycles. The van der Waals surface area contributed by atoms with E-state index in [1.807, 2.05) is 38.1 Å². The molecule has 2 N–H and O–H groups in total. The maximum atomic E-state index is 11.2. The Morgan fingerprint density at radius 1 is 1.12 bits per heavy atom. The number of hydrogen-bond acceptors (Lipinski definition) is 4. The van der Waals surface area contributed by atoms with Crippen molar-refractivity contribution in [2.75, 3.05) is 13.2 Å². The monoisotopic (exact) mass is 342 g/mol. The van der Waals surface area contributed by atoms with Crippen molar-refractivity contribution in [3.8, 4) is 11.5 Å². The van der Waals surface area contributed by atoms with Gasteiger partial charge in [0.1, 0.15) is 30.3 Å². The SMILES string of the molecule is C=COCCOc1ccc(C(C)(C)c2ccc(O)c(C(=O)O)c2)cc1. The zero-order valence-electron chi connectivity index (χ0n) is 14.4. The van der Waals surface area contributed by atoms with E-state index in [9.17, 15) is 15.0 Å². The predicted octanol–water partition coefficient (Wildman–Crippen LogP) is 3.96. The smallest absolute Gasteiger partial charge is 0.339 e. The molecule has 0 aliphatic heterocycles. The van der Waals surface area contributed by atoms with Crippen LogP contribution in [-0.2, 0) is 10.2 Å². The van der Waals surface area contributed by atoms with Crippen LogP contribution < -0.4 is 4.74 Å². The molecule has 0 unspecified atom stereocenters. The molecule has 0 saturated carbocycles. The molecule has 5 heteroatoms. The van der Waals surface area contributed by atoms with Crippen molar-refractivity contribution in [1.82, 2.24) is 0 Å². The Hall–Kier alpha value is -2.95. The number of aromatic hydroxyl groups is 1. The van der Waals surface area contributed by atoms with Crippen molar-refractivity contribution < 1.29 is 24.5 Å². The van der Waals surface area contributed by atoms with Crippen LogP contribution >= 0.6 is 0 Å². The van der Waals surface area contributed by atoms with E-state index in [0.717, 1.165) is 16.9 Å². The van der Waals surface area contributed by atoms with Crippen LogP contribution in [0.1, 0.15) is 35.3 Å². The molecule has 0 bridgehead atoms. The number of carbonyl (C=O) groups is 1. The van der Waals surface area contributed by atoms with Crippen LogP contribution in [0.2, 0.25) is 0 Å². The van der Waals surface area contributed by atoms with Crippen LogP contribution in [0.15, 0.2) is 55.3 Å². The van der Waals surface area contributed by atoms with Crippen LogP contribution in [0.4, 0.5) is 0 Å². The van der Waals surface area contributed by atoms with E-state index < -0.39 is 11.4 Å². The van der Waals surface area contributed by atoms with Crippen molar-refractivity contribution in [2.24, 2.45) is 0 Å². The van der Waals surface area contributed by atoms with Gasteiger partial charge in [-0.3, -0.25) is 0 Å². The molecule has 2 aromatic rings. The highest BCUT2D eigenvalue weighted by molar-refractivity contribution is 5.91. The molecule has 132 valence electrons. The maximum Gasteiger partial charge on any atom is 0.339 e. The molecule has 0 aliphatic rings. The van der Waals surface area contributed by atoms with Gasteiger partial charge in [0.15, 0.2) is 0 Å². The topological polar surface area (TPSA) is 76.0 Å². The van der Waals surface area contributed by atoms with Crippen molar-refractivity contribution in [1.29, 1.82) is 0 Å². The Labute approximate surface area is 147 Å². The Bertz CT molecular complexity index is 747. The quantitative estimate of drug-likeness (QED) is 0.561. The summed E-state index contributed by atoms with van der Waals surface area (Å²) >= 11 is 0. The molecule has 0 atom stereocenters. The minimum absolute atomic E-state index is 0.104. The molecular weight excluding hydrogens is 320 g/mol. The molecule has 0 spiro atoms. The number of phenols is 1. The molecule has 5 nitrogen and oxygen atoms in total. The van der Waals surface area contributed by atoms with Gasteiger partial charge in [0.2, 0.25) is 0 Å². The van der Waals surface area contributed by atoms with E-state index in [1.54, 1.807) is 6.07 Å². The normalized spacial score (nSPS) is 11.0. The fourth-order valence-electron chi connectivity index (χ4n) is 2.52. The van der Waals surface area contributed by atoms with E-state index in [0.29, 0.717) is 13.2 Å². The highest BCUT2D eigenvalue weighted by Crippen LogP contribution is 2.34. The molecule has 0 saturated heterocycles. The third-order valence-corrected chi connectivity index (χ3v) is 4.11. The van der Waals surface area contributed by atoms with Crippen LogP contribution in [0.3, 0.4) is 0 Å². The summed E-state index contributed by atoms with van der Waals surface area (Å²) in [5, 5.41) is 18.9. The predicted molar refractivity (Wildman–Crippen MR) is 95.3 cm³/mol. The van der Waals surface area contributed by atoms with E-state index in [4.69, 9.17) is 9.47 Å². The van der Waals surface area contributed by atoms with E-state index in [1.165, 1.54) is 18.4 Å². The Kier molecular flexibility index (Phi) is 5.70. The number of carboxylic acid groups (broad SMARTS) is 1. The van der Waals surface area contributed by atoms with Gasteiger partial charge in [0, 0.05) is 5.41 Å².